The fraction of sp³-hybridized carbons (Fsp3) is 0.455. The van der Waals surface area contributed by atoms with Crippen LogP contribution >= 0.6 is 11.8 Å². The van der Waals surface area contributed by atoms with Crippen LogP contribution < -0.4 is 0 Å². The Hall–Kier alpha value is -1.07. The average Bonchev–Trinajstić information content (AvgIpc) is 2.21. The lowest BCUT2D eigenvalue weighted by atomic mass is 10.2. The average molecular weight is 241 g/mol. The zero-order chi connectivity index (χ0) is 12.1. The number of nitro benzene ring substituents is 1. The summed E-state index contributed by atoms with van der Waals surface area (Å²) in [6.45, 7) is 3.92. The number of rotatable bonds is 5. The number of hydrogen-bond acceptors (Lipinski definition) is 4. The molecule has 0 aromatic heterocycles. The van der Waals surface area contributed by atoms with Gasteiger partial charge in [0.25, 0.3) is 5.69 Å². The number of aliphatic hydroxyl groups excluding tert-OH is 1. The molecule has 0 bridgehead atoms. The molecule has 0 radical (unpaired) electrons. The Morgan fingerprint density at radius 1 is 1.56 bits per heavy atom. The van der Waals surface area contributed by atoms with Crippen molar-refractivity contribution in [3.63, 3.8) is 0 Å². The Labute approximate surface area is 98.8 Å². The van der Waals surface area contributed by atoms with Crippen molar-refractivity contribution in [1.82, 2.24) is 0 Å². The van der Waals surface area contributed by atoms with Crippen LogP contribution in [0.2, 0.25) is 0 Å². The van der Waals surface area contributed by atoms with Crippen LogP contribution in [-0.4, -0.2) is 21.9 Å². The Morgan fingerprint density at radius 2 is 2.25 bits per heavy atom. The lowest BCUT2D eigenvalue weighted by molar-refractivity contribution is -0.387. The van der Waals surface area contributed by atoms with E-state index in [0.29, 0.717) is 11.3 Å². The summed E-state index contributed by atoms with van der Waals surface area (Å²) in [5.41, 5.74) is 1.05. The Morgan fingerprint density at radius 3 is 2.81 bits per heavy atom. The first-order valence-corrected chi connectivity index (χ1v) is 5.95. The van der Waals surface area contributed by atoms with Crippen LogP contribution in [0, 0.1) is 17.0 Å². The molecular formula is C11H15NO3S. The molecule has 1 atom stereocenters. The number of thioether (sulfide) groups is 1. The van der Waals surface area contributed by atoms with Gasteiger partial charge in [-0.15, -0.1) is 11.8 Å². The highest BCUT2D eigenvalue weighted by molar-refractivity contribution is 8.00. The minimum absolute atomic E-state index is 0.105. The summed E-state index contributed by atoms with van der Waals surface area (Å²) in [5, 5.41) is 19.8. The molecule has 88 valence electrons. The molecule has 0 amide bonds. The molecule has 1 unspecified atom stereocenters. The second-order valence-electron chi connectivity index (χ2n) is 3.62. The molecule has 0 aliphatic carbocycles. The summed E-state index contributed by atoms with van der Waals surface area (Å²) in [6.07, 6.45) is 0.635. The molecule has 0 heterocycles. The highest BCUT2D eigenvalue weighted by Gasteiger charge is 2.18. The van der Waals surface area contributed by atoms with Gasteiger partial charge in [-0.1, -0.05) is 19.1 Å². The van der Waals surface area contributed by atoms with Crippen LogP contribution in [0.5, 0.6) is 0 Å². The quantitative estimate of drug-likeness (QED) is 0.489. The van der Waals surface area contributed by atoms with Gasteiger partial charge in [-0.05, 0) is 18.9 Å². The minimum atomic E-state index is -0.360. The van der Waals surface area contributed by atoms with Gasteiger partial charge in [-0.25, -0.2) is 0 Å². The van der Waals surface area contributed by atoms with Gasteiger partial charge in [-0.3, -0.25) is 10.1 Å². The van der Waals surface area contributed by atoms with Gasteiger partial charge in [0.1, 0.15) is 0 Å². The molecule has 16 heavy (non-hydrogen) atoms. The molecule has 0 aliphatic rings. The first-order valence-electron chi connectivity index (χ1n) is 5.07. The van der Waals surface area contributed by atoms with Crippen LogP contribution in [-0.2, 0) is 0 Å². The Kier molecular flexibility index (Phi) is 4.76. The summed E-state index contributed by atoms with van der Waals surface area (Å²) >= 11 is 1.45. The van der Waals surface area contributed by atoms with Crippen LogP contribution in [0.25, 0.3) is 0 Å². The predicted molar refractivity (Wildman–Crippen MR) is 64.9 cm³/mol. The Balaban J connectivity index is 2.97. The second-order valence-corrected chi connectivity index (χ2v) is 5.07. The Bertz CT molecular complexity index is 381. The van der Waals surface area contributed by atoms with Gasteiger partial charge >= 0.3 is 0 Å². The molecule has 4 nitrogen and oxygen atoms in total. The predicted octanol–water partition coefficient (Wildman–Crippen LogP) is 2.77. The molecule has 0 aliphatic heterocycles. The standard InChI is InChI=1S/C11H15NO3S/c1-8-4-3-5-10(12(14)15)11(8)16-9(2)6-7-13/h3-5,9,13H,6-7H2,1-2H3. The largest absolute Gasteiger partial charge is 0.396 e. The fourth-order valence-corrected chi connectivity index (χ4v) is 2.52. The van der Waals surface area contributed by atoms with Gasteiger partial charge in [0, 0.05) is 17.9 Å². The van der Waals surface area contributed by atoms with E-state index in [2.05, 4.69) is 0 Å². The van der Waals surface area contributed by atoms with Crippen molar-refractivity contribution in [1.29, 1.82) is 0 Å². The number of nitro groups is 1. The van der Waals surface area contributed by atoms with Crippen LogP contribution in [0.15, 0.2) is 23.1 Å². The van der Waals surface area contributed by atoms with Crippen molar-refractivity contribution >= 4 is 17.4 Å². The van der Waals surface area contributed by atoms with Gasteiger partial charge < -0.3 is 5.11 Å². The summed E-state index contributed by atoms with van der Waals surface area (Å²) in [5.74, 6) is 0. The summed E-state index contributed by atoms with van der Waals surface area (Å²) < 4.78 is 0. The number of aliphatic hydroxyl groups is 1. The van der Waals surface area contributed by atoms with E-state index in [4.69, 9.17) is 5.11 Å². The molecule has 1 aromatic rings. The number of nitrogens with zero attached hydrogens (tertiary/aromatic N) is 1. The molecule has 1 aromatic carbocycles. The van der Waals surface area contributed by atoms with E-state index in [1.165, 1.54) is 17.8 Å². The van der Waals surface area contributed by atoms with Crippen molar-refractivity contribution in [2.45, 2.75) is 30.4 Å². The SMILES string of the molecule is Cc1cccc([N+](=O)[O-])c1SC(C)CCO. The van der Waals surface area contributed by atoms with Crippen molar-refractivity contribution in [2.75, 3.05) is 6.61 Å². The maximum absolute atomic E-state index is 10.9. The minimum Gasteiger partial charge on any atom is -0.396 e. The highest BCUT2D eigenvalue weighted by Crippen LogP contribution is 2.35. The number of hydrogen-bond donors (Lipinski definition) is 1. The zero-order valence-corrected chi connectivity index (χ0v) is 10.2. The molecular weight excluding hydrogens is 226 g/mol. The molecule has 1 N–H and O–H groups in total. The molecule has 1 rings (SSSR count). The number of benzene rings is 1. The van der Waals surface area contributed by atoms with Crippen molar-refractivity contribution in [2.24, 2.45) is 0 Å². The fourth-order valence-electron chi connectivity index (χ4n) is 1.38. The van der Waals surface area contributed by atoms with E-state index in [1.54, 1.807) is 6.07 Å². The summed E-state index contributed by atoms with van der Waals surface area (Å²) in [6, 6.07) is 5.07. The van der Waals surface area contributed by atoms with E-state index < -0.39 is 0 Å². The molecule has 0 saturated heterocycles. The van der Waals surface area contributed by atoms with Crippen molar-refractivity contribution in [3.05, 3.63) is 33.9 Å². The maximum atomic E-state index is 10.9. The topological polar surface area (TPSA) is 63.4 Å². The van der Waals surface area contributed by atoms with E-state index in [9.17, 15) is 10.1 Å². The molecule has 0 saturated carbocycles. The normalized spacial score (nSPS) is 12.4. The number of aryl methyl sites for hydroxylation is 1. The monoisotopic (exact) mass is 241 g/mol. The van der Waals surface area contributed by atoms with Crippen molar-refractivity contribution in [3.8, 4) is 0 Å². The summed E-state index contributed by atoms with van der Waals surface area (Å²) in [7, 11) is 0. The van der Waals surface area contributed by atoms with Gasteiger partial charge in [0.05, 0.1) is 9.82 Å². The maximum Gasteiger partial charge on any atom is 0.283 e. The smallest absolute Gasteiger partial charge is 0.283 e. The summed E-state index contributed by atoms with van der Waals surface area (Å²) in [4.78, 5) is 11.2. The van der Waals surface area contributed by atoms with E-state index in [0.717, 1.165) is 5.56 Å². The van der Waals surface area contributed by atoms with E-state index in [1.807, 2.05) is 19.9 Å². The molecule has 5 heteroatoms. The lowest BCUT2D eigenvalue weighted by Crippen LogP contribution is -2.01. The van der Waals surface area contributed by atoms with Crippen LogP contribution in [0.3, 0.4) is 0 Å². The third kappa shape index (κ3) is 3.21. The first kappa shape index (κ1) is 13.0. The third-order valence-corrected chi connectivity index (χ3v) is 3.65. The zero-order valence-electron chi connectivity index (χ0n) is 9.34. The van der Waals surface area contributed by atoms with Crippen molar-refractivity contribution < 1.29 is 10.0 Å². The second kappa shape index (κ2) is 5.86. The van der Waals surface area contributed by atoms with Crippen LogP contribution in [0.1, 0.15) is 18.9 Å². The van der Waals surface area contributed by atoms with Gasteiger partial charge in [-0.2, -0.15) is 0 Å². The molecule has 0 fully saturated rings. The van der Waals surface area contributed by atoms with Gasteiger partial charge in [0.2, 0.25) is 0 Å². The van der Waals surface area contributed by atoms with Gasteiger partial charge in [0.15, 0.2) is 0 Å². The van der Waals surface area contributed by atoms with E-state index >= 15 is 0 Å². The lowest BCUT2D eigenvalue weighted by Gasteiger charge is -2.11. The third-order valence-electron chi connectivity index (χ3n) is 2.24. The highest BCUT2D eigenvalue weighted by atomic mass is 32.2. The first-order chi connectivity index (χ1) is 7.56. The van der Waals surface area contributed by atoms with E-state index in [-0.39, 0.29) is 22.5 Å². The van der Waals surface area contributed by atoms with Crippen LogP contribution in [0.4, 0.5) is 5.69 Å². The molecule has 0 spiro atoms.